The Bertz CT molecular complexity index is 1160. The van der Waals surface area contributed by atoms with Gasteiger partial charge in [-0.3, -0.25) is 14.7 Å². The number of benzene rings is 2. The molecule has 6 heteroatoms. The summed E-state index contributed by atoms with van der Waals surface area (Å²) in [4.78, 5) is 26.1. The van der Waals surface area contributed by atoms with Crippen molar-refractivity contribution in [1.29, 1.82) is 0 Å². The van der Waals surface area contributed by atoms with Crippen LogP contribution in [0.15, 0.2) is 71.2 Å². The van der Waals surface area contributed by atoms with Gasteiger partial charge in [-0.15, -0.1) is 0 Å². The van der Waals surface area contributed by atoms with Crippen LogP contribution in [0.5, 0.6) is 0 Å². The smallest absolute Gasteiger partial charge is 0.277 e. The number of nitrogens with zero attached hydrogens (tertiary/aromatic N) is 1. The number of nitrogens with one attached hydrogen (secondary N) is 2. The van der Waals surface area contributed by atoms with Crippen molar-refractivity contribution in [2.45, 2.75) is 18.8 Å². The molecule has 140 valence electrons. The molecule has 2 aromatic carbocycles. The summed E-state index contributed by atoms with van der Waals surface area (Å²) in [6, 6.07) is 15.6. The van der Waals surface area contributed by atoms with Crippen molar-refractivity contribution in [3.05, 3.63) is 93.7 Å². The third-order valence-electron chi connectivity index (χ3n) is 5.53. The fraction of sp³-hybridized carbons (Fsp3) is 0.182. The lowest BCUT2D eigenvalue weighted by Gasteiger charge is -2.35. The molecule has 2 aliphatic rings. The van der Waals surface area contributed by atoms with Crippen LogP contribution in [-0.2, 0) is 4.79 Å². The van der Waals surface area contributed by atoms with Gasteiger partial charge in [0.15, 0.2) is 0 Å². The van der Waals surface area contributed by atoms with Crippen LogP contribution in [-0.4, -0.2) is 15.6 Å². The number of hydrogen-bond donors (Lipinski definition) is 2. The summed E-state index contributed by atoms with van der Waals surface area (Å²) in [5.41, 5.74) is 1.90. The van der Waals surface area contributed by atoms with E-state index in [4.69, 9.17) is 0 Å². The van der Waals surface area contributed by atoms with Gasteiger partial charge in [-0.1, -0.05) is 42.5 Å². The average molecular weight is 375 g/mol. The van der Waals surface area contributed by atoms with Gasteiger partial charge in [0.2, 0.25) is 0 Å². The van der Waals surface area contributed by atoms with E-state index in [1.54, 1.807) is 18.2 Å². The van der Waals surface area contributed by atoms with Crippen LogP contribution in [0.2, 0.25) is 0 Å². The van der Waals surface area contributed by atoms with Crippen molar-refractivity contribution in [2.24, 2.45) is 5.92 Å². The second kappa shape index (κ2) is 6.34. The maximum atomic E-state index is 14.7. The predicted octanol–water partition coefficient (Wildman–Crippen LogP) is 3.73. The summed E-state index contributed by atoms with van der Waals surface area (Å²) < 4.78 is 16.2. The van der Waals surface area contributed by atoms with Crippen LogP contribution in [0.1, 0.15) is 29.9 Å². The van der Waals surface area contributed by atoms with Crippen LogP contribution >= 0.6 is 0 Å². The van der Waals surface area contributed by atoms with Crippen molar-refractivity contribution < 1.29 is 9.18 Å². The Morgan fingerprint density at radius 3 is 2.50 bits per heavy atom. The molecular formula is C22H18FN3O2. The Morgan fingerprint density at radius 2 is 1.71 bits per heavy atom. The van der Waals surface area contributed by atoms with Crippen molar-refractivity contribution in [3.8, 4) is 5.69 Å². The lowest BCUT2D eigenvalue weighted by atomic mass is 9.72. The summed E-state index contributed by atoms with van der Waals surface area (Å²) in [5.74, 6) is -1.11. The van der Waals surface area contributed by atoms with E-state index in [2.05, 4.69) is 10.4 Å². The SMILES string of the molecule is O=C1CCC=C2Nc3[nH]n(-c4ccccc4)c(=O)c3C(c3ccccc3F)C12. The number of hydrogen-bond acceptors (Lipinski definition) is 3. The number of rotatable bonds is 2. The molecule has 1 aromatic heterocycles. The third kappa shape index (κ3) is 2.45. The molecule has 1 aliphatic carbocycles. The van der Waals surface area contributed by atoms with Crippen molar-refractivity contribution in [3.63, 3.8) is 0 Å². The molecule has 0 amide bonds. The highest BCUT2D eigenvalue weighted by Crippen LogP contribution is 2.45. The Morgan fingerprint density at radius 1 is 0.964 bits per heavy atom. The van der Waals surface area contributed by atoms with Gasteiger partial charge < -0.3 is 5.32 Å². The molecule has 2 heterocycles. The first-order valence-corrected chi connectivity index (χ1v) is 9.29. The first-order chi connectivity index (χ1) is 13.6. The fourth-order valence-corrected chi connectivity index (χ4v) is 4.29. The number of allylic oxidation sites excluding steroid dienone is 2. The number of anilines is 1. The first kappa shape index (κ1) is 16.7. The lowest BCUT2D eigenvalue weighted by Crippen LogP contribution is -2.37. The maximum Gasteiger partial charge on any atom is 0.277 e. The van der Waals surface area contributed by atoms with E-state index in [1.165, 1.54) is 10.7 Å². The number of halogens is 1. The minimum atomic E-state index is -0.662. The predicted molar refractivity (Wildman–Crippen MR) is 104 cm³/mol. The molecule has 0 saturated carbocycles. The number of carbonyl (C=O) groups excluding carboxylic acids is 1. The van der Waals surface area contributed by atoms with Gasteiger partial charge >= 0.3 is 0 Å². The minimum Gasteiger partial charge on any atom is -0.343 e. The second-order valence-corrected chi connectivity index (χ2v) is 7.14. The molecule has 5 rings (SSSR count). The summed E-state index contributed by atoms with van der Waals surface area (Å²) >= 11 is 0. The number of carbonyl (C=O) groups is 1. The molecule has 2 N–H and O–H groups in total. The molecule has 0 fully saturated rings. The number of aromatic amines is 1. The highest BCUT2D eigenvalue weighted by molar-refractivity contribution is 5.89. The zero-order valence-corrected chi connectivity index (χ0v) is 15.0. The lowest BCUT2D eigenvalue weighted by molar-refractivity contribution is -0.122. The van der Waals surface area contributed by atoms with E-state index in [-0.39, 0.29) is 11.3 Å². The van der Waals surface area contributed by atoms with Gasteiger partial charge in [0.25, 0.3) is 5.56 Å². The van der Waals surface area contributed by atoms with Gasteiger partial charge in [-0.05, 0) is 30.2 Å². The number of para-hydroxylation sites is 1. The normalized spacial score (nSPS) is 20.8. The summed E-state index contributed by atoms with van der Waals surface area (Å²) in [6.07, 6.45) is 3.01. The highest BCUT2D eigenvalue weighted by atomic mass is 19.1. The Balaban J connectivity index is 1.78. The van der Waals surface area contributed by atoms with Gasteiger partial charge in [0.05, 0.1) is 17.2 Å². The van der Waals surface area contributed by atoms with Crippen LogP contribution in [0.25, 0.3) is 5.69 Å². The zero-order chi connectivity index (χ0) is 19.3. The van der Waals surface area contributed by atoms with Crippen molar-refractivity contribution in [2.75, 3.05) is 5.32 Å². The molecule has 2 unspecified atom stereocenters. The summed E-state index contributed by atoms with van der Waals surface area (Å²) in [5, 5.41) is 6.32. The standard InChI is InChI=1S/C22H18FN3O2/c23-15-10-5-4-9-14(15)18-19-16(11-6-12-17(19)27)24-21-20(18)22(28)26(25-21)13-7-2-1-3-8-13/h1-5,7-11,18-19,24-25H,6,12H2. The molecule has 0 bridgehead atoms. The van der Waals surface area contributed by atoms with E-state index < -0.39 is 17.7 Å². The molecule has 1 aliphatic heterocycles. The molecule has 28 heavy (non-hydrogen) atoms. The number of H-pyrrole nitrogens is 1. The highest BCUT2D eigenvalue weighted by Gasteiger charge is 2.43. The molecule has 3 aromatic rings. The van der Waals surface area contributed by atoms with Gasteiger partial charge in [-0.25, -0.2) is 9.07 Å². The van der Waals surface area contributed by atoms with Gasteiger partial charge in [0, 0.05) is 18.0 Å². The first-order valence-electron chi connectivity index (χ1n) is 9.29. The molecule has 0 spiro atoms. The Labute approximate surface area is 160 Å². The topological polar surface area (TPSA) is 66.9 Å². The van der Waals surface area contributed by atoms with Crippen molar-refractivity contribution >= 4 is 11.6 Å². The number of fused-ring (bicyclic) bond motifs is 2. The van der Waals surface area contributed by atoms with Gasteiger partial charge in [-0.2, -0.15) is 0 Å². The van der Waals surface area contributed by atoms with E-state index in [0.717, 1.165) is 5.70 Å². The third-order valence-corrected chi connectivity index (χ3v) is 5.53. The van der Waals surface area contributed by atoms with Crippen LogP contribution in [0.3, 0.4) is 0 Å². The van der Waals surface area contributed by atoms with Crippen LogP contribution < -0.4 is 10.9 Å². The Hall–Kier alpha value is -3.41. The second-order valence-electron chi connectivity index (χ2n) is 7.14. The monoisotopic (exact) mass is 375 g/mol. The van der Waals surface area contributed by atoms with E-state index >= 15 is 0 Å². The number of Topliss-reactive ketones (excluding diaryl/α,β-unsaturated/α-hetero) is 1. The van der Waals surface area contributed by atoms with Crippen LogP contribution in [0, 0.1) is 11.7 Å². The largest absolute Gasteiger partial charge is 0.343 e. The molecule has 0 radical (unpaired) electrons. The van der Waals surface area contributed by atoms with Gasteiger partial charge in [0.1, 0.15) is 17.4 Å². The zero-order valence-electron chi connectivity index (χ0n) is 15.0. The van der Waals surface area contributed by atoms with Crippen LogP contribution in [0.4, 0.5) is 10.2 Å². The quantitative estimate of drug-likeness (QED) is 0.717. The fourth-order valence-electron chi connectivity index (χ4n) is 4.29. The molecule has 5 nitrogen and oxygen atoms in total. The number of ketones is 1. The van der Waals surface area contributed by atoms with E-state index in [1.807, 2.05) is 36.4 Å². The Kier molecular flexibility index (Phi) is 3.79. The molecular weight excluding hydrogens is 357 g/mol. The minimum absolute atomic E-state index is 0.0239. The van der Waals surface area contributed by atoms with E-state index in [9.17, 15) is 14.0 Å². The summed E-state index contributed by atoms with van der Waals surface area (Å²) in [7, 11) is 0. The van der Waals surface area contributed by atoms with E-state index in [0.29, 0.717) is 35.5 Å². The summed E-state index contributed by atoms with van der Waals surface area (Å²) in [6.45, 7) is 0. The molecule has 0 saturated heterocycles. The maximum absolute atomic E-state index is 14.7. The molecule has 2 atom stereocenters. The van der Waals surface area contributed by atoms with Crippen molar-refractivity contribution in [1.82, 2.24) is 9.78 Å². The number of aromatic nitrogens is 2. The average Bonchev–Trinajstić information content (AvgIpc) is 3.04.